The molecule has 6 nitrogen and oxygen atoms in total. The average molecular weight is 1240 g/mol. The van der Waals surface area contributed by atoms with Gasteiger partial charge in [-0.15, -0.1) is 0 Å². The molecule has 0 aromatic carbocycles. The highest BCUT2D eigenvalue weighted by Gasteiger charge is 2.18. The fraction of sp³-hybridized carbons (Fsp3) is 0.902. The van der Waals surface area contributed by atoms with Crippen LogP contribution in [0.2, 0.25) is 0 Å². The molecule has 0 aliphatic heterocycles. The van der Waals surface area contributed by atoms with E-state index in [1.54, 1.807) is 6.08 Å². The van der Waals surface area contributed by atoms with Gasteiger partial charge < -0.3 is 20.3 Å². The summed E-state index contributed by atoms with van der Waals surface area (Å²) >= 11 is 0. The second kappa shape index (κ2) is 77.5. The lowest BCUT2D eigenvalue weighted by atomic mass is 10.0. The highest BCUT2D eigenvalue weighted by atomic mass is 16.5. The summed E-state index contributed by atoms with van der Waals surface area (Å²) in [5.74, 6) is -0.0492. The summed E-state index contributed by atoms with van der Waals surface area (Å²) in [7, 11) is 0. The molecule has 0 radical (unpaired) electrons. The Bertz CT molecular complexity index is 1430. The molecule has 1 amide bonds. The van der Waals surface area contributed by atoms with Gasteiger partial charge in [-0.1, -0.05) is 391 Å². The molecule has 0 aliphatic carbocycles. The zero-order valence-electron chi connectivity index (χ0n) is 59.7. The van der Waals surface area contributed by atoms with Crippen LogP contribution in [-0.2, 0) is 14.3 Å². The molecule has 0 fully saturated rings. The van der Waals surface area contributed by atoms with E-state index in [-0.39, 0.29) is 18.5 Å². The number of hydrogen-bond acceptors (Lipinski definition) is 5. The molecule has 0 aliphatic rings. The van der Waals surface area contributed by atoms with Gasteiger partial charge in [0.25, 0.3) is 0 Å². The number of carbonyl (C=O) groups excluding carboxylic acids is 2. The van der Waals surface area contributed by atoms with Gasteiger partial charge in [0, 0.05) is 12.8 Å². The molecule has 0 spiro atoms. The van der Waals surface area contributed by atoms with Crippen molar-refractivity contribution >= 4 is 11.9 Å². The largest absolute Gasteiger partial charge is 0.466 e. The van der Waals surface area contributed by atoms with E-state index in [0.717, 1.165) is 44.9 Å². The second-order valence-electron chi connectivity index (χ2n) is 27.7. The van der Waals surface area contributed by atoms with Crippen molar-refractivity contribution in [2.24, 2.45) is 0 Å². The summed E-state index contributed by atoms with van der Waals surface area (Å²) in [5, 5.41) is 23.3. The fourth-order valence-electron chi connectivity index (χ4n) is 12.7. The molecule has 0 heterocycles. The summed E-state index contributed by atoms with van der Waals surface area (Å²) in [6.07, 6.45) is 101. The Morgan fingerprint density at radius 2 is 0.534 bits per heavy atom. The maximum absolute atomic E-state index is 12.6. The van der Waals surface area contributed by atoms with E-state index in [2.05, 4.69) is 43.5 Å². The van der Waals surface area contributed by atoms with Gasteiger partial charge in [-0.3, -0.25) is 9.59 Å². The molecular formula is C82H157NO5. The molecule has 0 bridgehead atoms. The Kier molecular flexibility index (Phi) is 75.8. The number of allylic oxidation sites excluding steroid dienone is 5. The number of rotatable bonds is 76. The lowest BCUT2D eigenvalue weighted by molar-refractivity contribution is -0.143. The summed E-state index contributed by atoms with van der Waals surface area (Å²) in [6.45, 7) is 4.95. The Labute approximate surface area is 551 Å². The third-order valence-electron chi connectivity index (χ3n) is 18.9. The van der Waals surface area contributed by atoms with Crippen molar-refractivity contribution < 1.29 is 24.5 Å². The predicted molar refractivity (Wildman–Crippen MR) is 389 cm³/mol. The topological polar surface area (TPSA) is 95.9 Å². The number of amides is 1. The van der Waals surface area contributed by atoms with Crippen LogP contribution in [0.5, 0.6) is 0 Å². The van der Waals surface area contributed by atoms with E-state index in [0.29, 0.717) is 19.4 Å². The predicted octanol–water partition coefficient (Wildman–Crippen LogP) is 26.6. The average Bonchev–Trinajstić information content (AvgIpc) is 3.58. The van der Waals surface area contributed by atoms with Gasteiger partial charge in [-0.25, -0.2) is 0 Å². The second-order valence-corrected chi connectivity index (χ2v) is 27.7. The number of carbonyl (C=O) groups is 2. The molecule has 6 heteroatoms. The minimum Gasteiger partial charge on any atom is -0.466 e. The summed E-state index contributed by atoms with van der Waals surface area (Å²) in [4.78, 5) is 24.6. The maximum Gasteiger partial charge on any atom is 0.305 e. The SMILES string of the molecule is CCCCCCCCC/C=C\CCCCCCCC(=O)OCCCCCCCCCCCCCC/C=C\CCCCCCCCCCCCCCCCCCC(=O)NC(CO)C(O)/C=C/CCCCCCCCCCCCCCCCCCCCCCC. The van der Waals surface area contributed by atoms with Gasteiger partial charge in [0.15, 0.2) is 0 Å². The summed E-state index contributed by atoms with van der Waals surface area (Å²) < 4.78 is 5.50. The van der Waals surface area contributed by atoms with Gasteiger partial charge >= 0.3 is 5.97 Å². The first-order valence-corrected chi connectivity index (χ1v) is 40.3. The van der Waals surface area contributed by atoms with Crippen molar-refractivity contribution in [3.8, 4) is 0 Å². The van der Waals surface area contributed by atoms with Crippen LogP contribution in [-0.4, -0.2) is 47.4 Å². The summed E-state index contributed by atoms with van der Waals surface area (Å²) in [6, 6.07) is -0.628. The minimum absolute atomic E-state index is 0.0113. The Morgan fingerprint density at radius 3 is 0.807 bits per heavy atom. The van der Waals surface area contributed by atoms with E-state index in [9.17, 15) is 19.8 Å². The van der Waals surface area contributed by atoms with Gasteiger partial charge in [-0.2, -0.15) is 0 Å². The molecule has 2 unspecified atom stereocenters. The number of ether oxygens (including phenoxy) is 1. The zero-order chi connectivity index (χ0) is 63.5. The minimum atomic E-state index is -0.844. The lowest BCUT2D eigenvalue weighted by Crippen LogP contribution is -2.45. The number of nitrogens with one attached hydrogen (secondary N) is 1. The molecule has 520 valence electrons. The van der Waals surface area contributed by atoms with Crippen LogP contribution in [0.4, 0.5) is 0 Å². The normalized spacial score (nSPS) is 12.6. The molecule has 88 heavy (non-hydrogen) atoms. The first-order valence-electron chi connectivity index (χ1n) is 40.3. The van der Waals surface area contributed by atoms with Crippen molar-refractivity contribution in [3.05, 3.63) is 36.5 Å². The van der Waals surface area contributed by atoms with Crippen LogP contribution in [0.15, 0.2) is 36.5 Å². The molecular weight excluding hydrogens is 1080 g/mol. The van der Waals surface area contributed by atoms with Gasteiger partial charge in [-0.05, 0) is 83.5 Å². The van der Waals surface area contributed by atoms with Crippen molar-refractivity contribution in [1.82, 2.24) is 5.32 Å². The van der Waals surface area contributed by atoms with Crippen LogP contribution in [0, 0.1) is 0 Å². The molecule has 3 N–H and O–H groups in total. The molecule has 2 atom stereocenters. The molecule has 0 saturated heterocycles. The number of aliphatic hydroxyl groups is 2. The number of esters is 1. The van der Waals surface area contributed by atoms with Crippen LogP contribution >= 0.6 is 0 Å². The van der Waals surface area contributed by atoms with Gasteiger partial charge in [0.2, 0.25) is 5.91 Å². The molecule has 0 rings (SSSR count). The quantitative estimate of drug-likeness (QED) is 0.0320. The van der Waals surface area contributed by atoms with Crippen LogP contribution < -0.4 is 5.32 Å². The number of unbranched alkanes of at least 4 members (excludes halogenated alkanes) is 61. The highest BCUT2D eigenvalue weighted by molar-refractivity contribution is 5.76. The lowest BCUT2D eigenvalue weighted by Gasteiger charge is -2.20. The van der Waals surface area contributed by atoms with E-state index < -0.39 is 12.1 Å². The molecule has 0 aromatic heterocycles. The van der Waals surface area contributed by atoms with Crippen LogP contribution in [0.3, 0.4) is 0 Å². The van der Waals surface area contributed by atoms with Crippen LogP contribution in [0.1, 0.15) is 450 Å². The first-order chi connectivity index (χ1) is 43.5. The van der Waals surface area contributed by atoms with Crippen molar-refractivity contribution in [2.75, 3.05) is 13.2 Å². The van der Waals surface area contributed by atoms with E-state index in [4.69, 9.17) is 4.74 Å². The van der Waals surface area contributed by atoms with Gasteiger partial charge in [0.05, 0.1) is 25.4 Å². The number of hydrogen-bond donors (Lipinski definition) is 3. The van der Waals surface area contributed by atoms with E-state index in [1.807, 2.05) is 6.08 Å². The third-order valence-corrected chi connectivity index (χ3v) is 18.9. The van der Waals surface area contributed by atoms with E-state index >= 15 is 0 Å². The Morgan fingerprint density at radius 1 is 0.307 bits per heavy atom. The van der Waals surface area contributed by atoms with Crippen molar-refractivity contribution in [2.45, 2.75) is 463 Å². The molecule has 0 aromatic rings. The monoisotopic (exact) mass is 1240 g/mol. The van der Waals surface area contributed by atoms with Crippen LogP contribution in [0.25, 0.3) is 0 Å². The van der Waals surface area contributed by atoms with E-state index in [1.165, 1.54) is 379 Å². The zero-order valence-corrected chi connectivity index (χ0v) is 59.7. The van der Waals surface area contributed by atoms with Gasteiger partial charge in [0.1, 0.15) is 0 Å². The third kappa shape index (κ3) is 73.1. The van der Waals surface area contributed by atoms with Crippen molar-refractivity contribution in [3.63, 3.8) is 0 Å². The summed E-state index contributed by atoms with van der Waals surface area (Å²) in [5.41, 5.74) is 0. The first kappa shape index (κ1) is 86.1. The maximum atomic E-state index is 12.6. The Hall–Kier alpha value is -1.92. The van der Waals surface area contributed by atoms with Crippen molar-refractivity contribution in [1.29, 1.82) is 0 Å². The fourth-order valence-corrected chi connectivity index (χ4v) is 12.7. The standard InChI is InChI=1S/C82H157NO5/c1-3-5-7-9-11-13-15-17-19-21-22-23-34-37-40-43-46-50-54-58-62-66-70-74-80(85)79(78-84)83-81(86)75-71-67-63-59-55-51-47-44-41-38-35-32-30-28-26-24-25-27-29-31-33-36-39-42-45-49-53-57-61-65-69-73-77-88-82(87)76-72-68-64-60-56-52-48-20-18-16-14-12-10-8-6-4-2/h20,27,29,48,70,74,79-80,84-85H,3-19,21-26,28,30-47,49-69,71-73,75-78H2,1-2H3,(H,83,86)/b29-27-,48-20-,74-70+. The Balaban J connectivity index is 3.38. The molecule has 0 saturated carbocycles. The highest BCUT2D eigenvalue weighted by Crippen LogP contribution is 2.20. The number of aliphatic hydroxyl groups excluding tert-OH is 2. The smallest absolute Gasteiger partial charge is 0.305 e.